The second-order valence-corrected chi connectivity index (χ2v) is 8.21. The number of hydrogen-bond acceptors (Lipinski definition) is 3. The van der Waals surface area contributed by atoms with Crippen LogP contribution in [0.3, 0.4) is 0 Å². The number of benzene rings is 3. The predicted molar refractivity (Wildman–Crippen MR) is 134 cm³/mol. The molecule has 0 aliphatic heterocycles. The first-order valence-corrected chi connectivity index (χ1v) is 10.9. The summed E-state index contributed by atoms with van der Waals surface area (Å²) >= 11 is 5.72. The first-order chi connectivity index (χ1) is 15.9. The summed E-state index contributed by atoms with van der Waals surface area (Å²) in [7, 11) is 1.59. The summed E-state index contributed by atoms with van der Waals surface area (Å²) < 4.78 is 18.8. The van der Waals surface area contributed by atoms with E-state index in [0.717, 1.165) is 27.7 Å². The van der Waals surface area contributed by atoms with Crippen LogP contribution in [0.15, 0.2) is 77.6 Å². The monoisotopic (exact) mass is 461 g/mol. The molecule has 0 unspecified atom stereocenters. The Balaban J connectivity index is 1.66. The quantitative estimate of drug-likeness (QED) is 0.378. The van der Waals surface area contributed by atoms with Gasteiger partial charge in [-0.2, -0.15) is 0 Å². The molecule has 0 saturated carbocycles. The number of ether oxygens (including phenoxy) is 1. The first kappa shape index (κ1) is 22.5. The SMILES string of the molecule is COc1ccccc1NC(=S)N(Cc1ccc(F)cc1)Cc1cc2ccc(C)cc2[nH]c1=O. The van der Waals surface area contributed by atoms with Crippen LogP contribution in [-0.4, -0.2) is 22.1 Å². The van der Waals surface area contributed by atoms with Gasteiger partial charge in [0.05, 0.1) is 19.3 Å². The van der Waals surface area contributed by atoms with Crippen LogP contribution in [0.25, 0.3) is 10.9 Å². The van der Waals surface area contributed by atoms with Gasteiger partial charge in [-0.05, 0) is 72.1 Å². The molecule has 0 fully saturated rings. The third-order valence-electron chi connectivity index (χ3n) is 5.36. The number of halogens is 1. The van der Waals surface area contributed by atoms with Crippen molar-refractivity contribution >= 4 is 33.9 Å². The molecule has 3 aromatic carbocycles. The Morgan fingerprint density at radius 2 is 1.82 bits per heavy atom. The average molecular weight is 462 g/mol. The van der Waals surface area contributed by atoms with Crippen molar-refractivity contribution in [2.24, 2.45) is 0 Å². The molecule has 0 aliphatic rings. The van der Waals surface area contributed by atoms with Gasteiger partial charge in [0, 0.05) is 17.6 Å². The van der Waals surface area contributed by atoms with Gasteiger partial charge in [0.1, 0.15) is 11.6 Å². The second-order valence-electron chi connectivity index (χ2n) is 7.83. The molecule has 5 nitrogen and oxygen atoms in total. The molecule has 2 N–H and O–H groups in total. The van der Waals surface area contributed by atoms with Gasteiger partial charge in [0.15, 0.2) is 5.11 Å². The second kappa shape index (κ2) is 9.83. The summed E-state index contributed by atoms with van der Waals surface area (Å²) in [6.45, 7) is 2.65. The fraction of sp³-hybridized carbons (Fsp3) is 0.154. The molecule has 168 valence electrons. The van der Waals surface area contributed by atoms with E-state index in [-0.39, 0.29) is 17.9 Å². The molecule has 33 heavy (non-hydrogen) atoms. The van der Waals surface area contributed by atoms with Crippen molar-refractivity contribution in [3.63, 3.8) is 0 Å². The number of methoxy groups -OCH3 is 1. The molecular formula is C26H24FN3O2S. The number of pyridine rings is 1. The molecule has 4 rings (SSSR count). The summed E-state index contributed by atoms with van der Waals surface area (Å²) in [6.07, 6.45) is 0. The number of fused-ring (bicyclic) bond motifs is 1. The van der Waals surface area contributed by atoms with E-state index in [0.29, 0.717) is 23.0 Å². The zero-order valence-corrected chi connectivity index (χ0v) is 19.2. The summed E-state index contributed by atoms with van der Waals surface area (Å²) in [5.41, 5.74) is 3.87. The van der Waals surface area contributed by atoms with Crippen molar-refractivity contribution in [1.29, 1.82) is 0 Å². The number of hydrogen-bond donors (Lipinski definition) is 2. The minimum Gasteiger partial charge on any atom is -0.495 e. The number of aromatic nitrogens is 1. The topological polar surface area (TPSA) is 57.4 Å². The molecule has 0 amide bonds. The van der Waals surface area contributed by atoms with Crippen molar-refractivity contribution in [3.05, 3.63) is 106 Å². The standard InChI is InChI=1S/C26H24FN3O2S/c1-17-7-10-19-14-20(25(31)28-23(19)13-17)16-30(15-18-8-11-21(27)12-9-18)26(33)29-22-5-3-4-6-24(22)32-2/h3-14H,15-16H2,1-2H3,(H,28,31)(H,29,33). The van der Waals surface area contributed by atoms with Crippen LogP contribution >= 0.6 is 12.2 Å². The van der Waals surface area contributed by atoms with Gasteiger partial charge in [-0.25, -0.2) is 4.39 Å². The van der Waals surface area contributed by atoms with Crippen molar-refractivity contribution in [2.75, 3.05) is 12.4 Å². The smallest absolute Gasteiger partial charge is 0.253 e. The maximum absolute atomic E-state index is 13.4. The lowest BCUT2D eigenvalue weighted by Gasteiger charge is -2.26. The molecule has 0 saturated heterocycles. The van der Waals surface area contributed by atoms with Gasteiger partial charge in [-0.1, -0.05) is 36.4 Å². The van der Waals surface area contributed by atoms with Gasteiger partial charge in [0.25, 0.3) is 5.56 Å². The molecule has 0 atom stereocenters. The number of nitrogens with zero attached hydrogens (tertiary/aromatic N) is 1. The van der Waals surface area contributed by atoms with Gasteiger partial charge in [0.2, 0.25) is 0 Å². The highest BCUT2D eigenvalue weighted by Gasteiger charge is 2.16. The molecule has 0 aliphatic carbocycles. The highest BCUT2D eigenvalue weighted by atomic mass is 32.1. The van der Waals surface area contributed by atoms with Crippen LogP contribution in [0.2, 0.25) is 0 Å². The Bertz CT molecular complexity index is 1350. The van der Waals surface area contributed by atoms with Gasteiger partial charge >= 0.3 is 0 Å². The Labute approximate surface area is 196 Å². The number of H-pyrrole nitrogens is 1. The third-order valence-corrected chi connectivity index (χ3v) is 5.72. The Morgan fingerprint density at radius 3 is 2.58 bits per heavy atom. The molecular weight excluding hydrogens is 437 g/mol. The maximum atomic E-state index is 13.4. The minimum absolute atomic E-state index is 0.169. The van der Waals surface area contributed by atoms with E-state index in [1.807, 2.05) is 60.4 Å². The van der Waals surface area contributed by atoms with E-state index in [4.69, 9.17) is 17.0 Å². The highest BCUT2D eigenvalue weighted by molar-refractivity contribution is 7.80. The lowest BCUT2D eigenvalue weighted by atomic mass is 10.1. The van der Waals surface area contributed by atoms with E-state index in [1.54, 1.807) is 19.2 Å². The van der Waals surface area contributed by atoms with Crippen molar-refractivity contribution in [3.8, 4) is 5.75 Å². The van der Waals surface area contributed by atoms with Gasteiger partial charge < -0.3 is 19.9 Å². The number of rotatable bonds is 6. The molecule has 7 heteroatoms. The minimum atomic E-state index is -0.304. The van der Waals surface area contributed by atoms with Gasteiger partial charge in [-0.15, -0.1) is 0 Å². The third kappa shape index (κ3) is 5.38. The Hall–Kier alpha value is -3.71. The van der Waals surface area contributed by atoms with Crippen LogP contribution in [0.5, 0.6) is 5.75 Å². The lowest BCUT2D eigenvalue weighted by Crippen LogP contribution is -2.35. The van der Waals surface area contributed by atoms with E-state index < -0.39 is 0 Å². The molecule has 0 radical (unpaired) electrons. The summed E-state index contributed by atoms with van der Waals surface area (Å²) in [4.78, 5) is 17.7. The predicted octanol–water partition coefficient (Wildman–Crippen LogP) is 5.38. The van der Waals surface area contributed by atoms with Gasteiger partial charge in [-0.3, -0.25) is 4.79 Å². The first-order valence-electron chi connectivity index (χ1n) is 10.5. The maximum Gasteiger partial charge on any atom is 0.253 e. The average Bonchev–Trinajstić information content (AvgIpc) is 2.81. The van der Waals surface area contributed by atoms with E-state index in [9.17, 15) is 9.18 Å². The Morgan fingerprint density at radius 1 is 1.06 bits per heavy atom. The van der Waals surface area contributed by atoms with E-state index >= 15 is 0 Å². The zero-order valence-electron chi connectivity index (χ0n) is 18.4. The van der Waals surface area contributed by atoms with Crippen LogP contribution in [-0.2, 0) is 13.1 Å². The number of nitrogens with one attached hydrogen (secondary N) is 2. The van der Waals surface area contributed by atoms with Crippen LogP contribution < -0.4 is 15.6 Å². The van der Waals surface area contributed by atoms with Crippen LogP contribution in [0.1, 0.15) is 16.7 Å². The zero-order chi connectivity index (χ0) is 23.4. The Kier molecular flexibility index (Phi) is 6.70. The lowest BCUT2D eigenvalue weighted by molar-refractivity contribution is 0.407. The van der Waals surface area contributed by atoms with Crippen LogP contribution in [0, 0.1) is 12.7 Å². The number of anilines is 1. The number of aromatic amines is 1. The van der Waals surface area contributed by atoms with E-state index in [2.05, 4.69) is 10.3 Å². The largest absolute Gasteiger partial charge is 0.495 e. The molecule has 1 heterocycles. The van der Waals surface area contributed by atoms with Crippen LogP contribution in [0.4, 0.5) is 10.1 Å². The molecule has 1 aromatic heterocycles. The number of para-hydroxylation sites is 2. The van der Waals surface area contributed by atoms with Crippen molar-refractivity contribution in [1.82, 2.24) is 9.88 Å². The normalized spacial score (nSPS) is 10.8. The summed E-state index contributed by atoms with van der Waals surface area (Å²) in [5, 5.41) is 4.59. The fourth-order valence-electron chi connectivity index (χ4n) is 3.64. The molecule has 0 bridgehead atoms. The van der Waals surface area contributed by atoms with Crippen molar-refractivity contribution < 1.29 is 9.13 Å². The number of thiocarbonyl (C=S) groups is 1. The van der Waals surface area contributed by atoms with E-state index in [1.165, 1.54) is 12.1 Å². The highest BCUT2D eigenvalue weighted by Crippen LogP contribution is 2.24. The van der Waals surface area contributed by atoms with Crippen molar-refractivity contribution in [2.45, 2.75) is 20.0 Å². The fourth-order valence-corrected chi connectivity index (χ4v) is 3.87. The summed E-state index contributed by atoms with van der Waals surface area (Å²) in [6, 6.07) is 21.5. The number of aryl methyl sites for hydroxylation is 1. The molecule has 0 spiro atoms. The summed E-state index contributed by atoms with van der Waals surface area (Å²) in [5.74, 6) is 0.349. The molecule has 4 aromatic rings.